The summed E-state index contributed by atoms with van der Waals surface area (Å²) >= 11 is 3.50. The number of rotatable bonds is 3. The number of amides is 1. The van der Waals surface area contributed by atoms with Gasteiger partial charge < -0.3 is 9.30 Å². The first kappa shape index (κ1) is 11.7. The number of pyridine rings is 1. The fraction of sp³-hybridized carbons (Fsp3) is 0.385. The van der Waals surface area contributed by atoms with Crippen LogP contribution in [0.2, 0.25) is 0 Å². The van der Waals surface area contributed by atoms with Crippen molar-refractivity contribution < 1.29 is 4.79 Å². The van der Waals surface area contributed by atoms with Gasteiger partial charge in [0.15, 0.2) is 0 Å². The maximum atomic E-state index is 11.7. The van der Waals surface area contributed by atoms with E-state index in [-0.39, 0.29) is 5.91 Å². The molecular formula is C13H14BrN3O. The van der Waals surface area contributed by atoms with Crippen molar-refractivity contribution in [3.63, 3.8) is 0 Å². The van der Waals surface area contributed by atoms with Crippen molar-refractivity contribution >= 4 is 27.5 Å². The van der Waals surface area contributed by atoms with Gasteiger partial charge >= 0.3 is 0 Å². The number of aromatic nitrogens is 2. The minimum atomic E-state index is 0.251. The summed E-state index contributed by atoms with van der Waals surface area (Å²) in [6.07, 6.45) is 7.32. The number of nitrogens with zero attached hydrogens (tertiary/aromatic N) is 3. The molecule has 0 aliphatic carbocycles. The number of fused-ring (bicyclic) bond motifs is 1. The SMILES string of the molecule is O=C1CC(Br)CN1CCc1ccc2nccn2c1. The van der Waals surface area contributed by atoms with Crippen LogP contribution in [0.25, 0.3) is 5.65 Å². The van der Waals surface area contributed by atoms with Gasteiger partial charge in [0, 0.05) is 42.9 Å². The summed E-state index contributed by atoms with van der Waals surface area (Å²) in [7, 11) is 0. The molecule has 1 atom stereocenters. The van der Waals surface area contributed by atoms with Crippen LogP contribution in [-0.4, -0.2) is 38.1 Å². The van der Waals surface area contributed by atoms with E-state index < -0.39 is 0 Å². The molecule has 0 radical (unpaired) electrons. The molecule has 1 aliphatic rings. The van der Waals surface area contributed by atoms with Gasteiger partial charge in [-0.2, -0.15) is 0 Å². The maximum absolute atomic E-state index is 11.7. The van der Waals surface area contributed by atoms with Gasteiger partial charge in [0.1, 0.15) is 5.65 Å². The maximum Gasteiger partial charge on any atom is 0.223 e. The standard InChI is InChI=1S/C13H14BrN3O/c14-11-7-13(18)17(9-11)5-3-10-1-2-12-15-4-6-16(12)8-10/h1-2,4,6,8,11H,3,5,7,9H2. The largest absolute Gasteiger partial charge is 0.341 e. The zero-order valence-electron chi connectivity index (χ0n) is 9.92. The van der Waals surface area contributed by atoms with Crippen LogP contribution >= 0.6 is 15.9 Å². The molecule has 1 unspecified atom stereocenters. The van der Waals surface area contributed by atoms with Crippen molar-refractivity contribution in [1.82, 2.24) is 14.3 Å². The van der Waals surface area contributed by atoms with Gasteiger partial charge in [-0.05, 0) is 18.1 Å². The summed E-state index contributed by atoms with van der Waals surface area (Å²) in [5, 5.41) is 0. The Morgan fingerprint density at radius 2 is 2.33 bits per heavy atom. The summed E-state index contributed by atoms with van der Waals surface area (Å²) in [4.78, 5) is 18.1. The van der Waals surface area contributed by atoms with Crippen LogP contribution in [-0.2, 0) is 11.2 Å². The average molecular weight is 308 g/mol. The second-order valence-electron chi connectivity index (χ2n) is 4.62. The van der Waals surface area contributed by atoms with Crippen LogP contribution in [0.3, 0.4) is 0 Å². The lowest BCUT2D eigenvalue weighted by Gasteiger charge is -2.15. The molecule has 0 N–H and O–H groups in total. The number of hydrogen-bond donors (Lipinski definition) is 0. The zero-order chi connectivity index (χ0) is 12.5. The summed E-state index contributed by atoms with van der Waals surface area (Å²) in [6.45, 7) is 1.62. The molecule has 1 fully saturated rings. The third kappa shape index (κ3) is 2.27. The van der Waals surface area contributed by atoms with E-state index in [1.54, 1.807) is 6.20 Å². The van der Waals surface area contributed by atoms with Crippen molar-refractivity contribution in [2.75, 3.05) is 13.1 Å². The molecule has 0 saturated carbocycles. The number of halogens is 1. The Kier molecular flexibility index (Phi) is 3.07. The highest BCUT2D eigenvalue weighted by Gasteiger charge is 2.26. The van der Waals surface area contributed by atoms with Crippen molar-refractivity contribution in [2.45, 2.75) is 17.7 Å². The van der Waals surface area contributed by atoms with Crippen molar-refractivity contribution in [3.8, 4) is 0 Å². The number of likely N-dealkylation sites (tertiary alicyclic amines) is 1. The number of hydrogen-bond acceptors (Lipinski definition) is 2. The molecule has 2 aromatic rings. The van der Waals surface area contributed by atoms with Gasteiger partial charge in [0.25, 0.3) is 0 Å². The van der Waals surface area contributed by atoms with Gasteiger partial charge in [-0.15, -0.1) is 0 Å². The smallest absolute Gasteiger partial charge is 0.223 e. The van der Waals surface area contributed by atoms with Gasteiger partial charge in [-0.3, -0.25) is 4.79 Å². The first-order chi connectivity index (χ1) is 8.72. The van der Waals surface area contributed by atoms with Crippen LogP contribution in [0.4, 0.5) is 0 Å². The third-order valence-corrected chi connectivity index (χ3v) is 3.90. The fourth-order valence-electron chi connectivity index (χ4n) is 2.32. The number of carbonyl (C=O) groups excluding carboxylic acids is 1. The van der Waals surface area contributed by atoms with E-state index in [0.29, 0.717) is 11.2 Å². The topological polar surface area (TPSA) is 37.6 Å². The monoisotopic (exact) mass is 307 g/mol. The molecule has 3 heterocycles. The molecule has 0 aromatic carbocycles. The molecule has 0 bridgehead atoms. The molecule has 3 rings (SSSR count). The Hall–Kier alpha value is -1.36. The van der Waals surface area contributed by atoms with Gasteiger partial charge in [-0.1, -0.05) is 22.0 Å². The van der Waals surface area contributed by atoms with Crippen LogP contribution in [0.15, 0.2) is 30.7 Å². The lowest BCUT2D eigenvalue weighted by atomic mass is 10.2. The predicted molar refractivity (Wildman–Crippen MR) is 72.8 cm³/mol. The minimum absolute atomic E-state index is 0.251. The molecule has 1 saturated heterocycles. The lowest BCUT2D eigenvalue weighted by molar-refractivity contribution is -0.127. The first-order valence-corrected chi connectivity index (χ1v) is 6.97. The molecule has 2 aromatic heterocycles. The van der Waals surface area contributed by atoms with Crippen LogP contribution in [0, 0.1) is 0 Å². The highest BCUT2D eigenvalue weighted by atomic mass is 79.9. The Morgan fingerprint density at radius 1 is 1.44 bits per heavy atom. The lowest BCUT2D eigenvalue weighted by Crippen LogP contribution is -2.27. The van der Waals surface area contributed by atoms with E-state index in [0.717, 1.165) is 25.2 Å². The Labute approximate surface area is 114 Å². The number of carbonyl (C=O) groups is 1. The van der Waals surface area contributed by atoms with Gasteiger partial charge in [0.2, 0.25) is 5.91 Å². The summed E-state index contributed by atoms with van der Waals surface area (Å²) in [5.74, 6) is 0.251. The first-order valence-electron chi connectivity index (χ1n) is 6.06. The summed E-state index contributed by atoms with van der Waals surface area (Å²) in [6, 6.07) is 4.09. The third-order valence-electron chi connectivity index (χ3n) is 3.29. The van der Waals surface area contributed by atoms with Gasteiger partial charge in [0.05, 0.1) is 0 Å². The van der Waals surface area contributed by atoms with E-state index in [1.807, 2.05) is 21.6 Å². The second kappa shape index (κ2) is 4.72. The van der Waals surface area contributed by atoms with Gasteiger partial charge in [-0.25, -0.2) is 4.98 Å². The van der Waals surface area contributed by atoms with Crippen molar-refractivity contribution in [1.29, 1.82) is 0 Å². The average Bonchev–Trinajstić information content (AvgIpc) is 2.92. The predicted octanol–water partition coefficient (Wildman–Crippen LogP) is 1.87. The highest BCUT2D eigenvalue weighted by Crippen LogP contribution is 2.18. The Morgan fingerprint density at radius 3 is 3.11 bits per heavy atom. The Balaban J connectivity index is 1.67. The van der Waals surface area contributed by atoms with Crippen LogP contribution in [0.5, 0.6) is 0 Å². The molecule has 18 heavy (non-hydrogen) atoms. The second-order valence-corrected chi connectivity index (χ2v) is 5.92. The normalized spacial score (nSPS) is 19.9. The van der Waals surface area contributed by atoms with Crippen LogP contribution < -0.4 is 0 Å². The van der Waals surface area contributed by atoms with E-state index in [2.05, 4.69) is 33.2 Å². The number of alkyl halides is 1. The summed E-state index contributed by atoms with van der Waals surface area (Å²) < 4.78 is 2.01. The van der Waals surface area contributed by atoms with E-state index in [1.165, 1.54) is 5.56 Å². The molecular weight excluding hydrogens is 294 g/mol. The van der Waals surface area contributed by atoms with Crippen LogP contribution in [0.1, 0.15) is 12.0 Å². The van der Waals surface area contributed by atoms with E-state index in [9.17, 15) is 4.79 Å². The molecule has 0 spiro atoms. The van der Waals surface area contributed by atoms with Crippen molar-refractivity contribution in [2.24, 2.45) is 0 Å². The Bertz CT molecular complexity index is 580. The zero-order valence-corrected chi connectivity index (χ0v) is 11.5. The molecule has 94 valence electrons. The molecule has 1 aliphatic heterocycles. The molecule has 4 nitrogen and oxygen atoms in total. The molecule has 1 amide bonds. The van der Waals surface area contributed by atoms with E-state index in [4.69, 9.17) is 0 Å². The molecule has 5 heteroatoms. The quantitative estimate of drug-likeness (QED) is 0.812. The minimum Gasteiger partial charge on any atom is -0.341 e. The fourth-order valence-corrected chi connectivity index (χ4v) is 2.94. The summed E-state index contributed by atoms with van der Waals surface area (Å²) in [5.41, 5.74) is 2.18. The van der Waals surface area contributed by atoms with Crippen molar-refractivity contribution in [3.05, 3.63) is 36.3 Å². The highest BCUT2D eigenvalue weighted by molar-refractivity contribution is 9.09. The number of imidazole rings is 1. The van der Waals surface area contributed by atoms with E-state index >= 15 is 0 Å².